The Labute approximate surface area is 152 Å². The summed E-state index contributed by atoms with van der Waals surface area (Å²) in [6.07, 6.45) is 1.87. The summed E-state index contributed by atoms with van der Waals surface area (Å²) in [5, 5.41) is 2.37. The quantitative estimate of drug-likeness (QED) is 0.782. The highest BCUT2D eigenvalue weighted by Crippen LogP contribution is 2.27. The molecule has 0 aliphatic carbocycles. The molecule has 1 aromatic heterocycles. The molecule has 26 heavy (non-hydrogen) atoms. The molecular formula is C21H23N3O2. The van der Waals surface area contributed by atoms with Crippen molar-refractivity contribution in [2.24, 2.45) is 11.7 Å². The van der Waals surface area contributed by atoms with Gasteiger partial charge in [0.2, 0.25) is 11.8 Å². The lowest BCUT2D eigenvalue weighted by Gasteiger charge is -2.30. The van der Waals surface area contributed by atoms with Crippen molar-refractivity contribution >= 4 is 16.7 Å². The third kappa shape index (κ3) is 3.35. The number of carbonyl (C=O) groups excluding carboxylic acids is 1. The van der Waals surface area contributed by atoms with Gasteiger partial charge in [-0.1, -0.05) is 30.3 Å². The van der Waals surface area contributed by atoms with E-state index in [-0.39, 0.29) is 11.8 Å². The van der Waals surface area contributed by atoms with Crippen LogP contribution in [0.5, 0.6) is 0 Å². The second-order valence-corrected chi connectivity index (χ2v) is 7.06. The van der Waals surface area contributed by atoms with Gasteiger partial charge in [-0.05, 0) is 49.2 Å². The summed E-state index contributed by atoms with van der Waals surface area (Å²) in [4.78, 5) is 18.4. The molecule has 1 fully saturated rings. The van der Waals surface area contributed by atoms with Crippen LogP contribution >= 0.6 is 0 Å². The fourth-order valence-electron chi connectivity index (χ4n) is 3.66. The number of fused-ring (bicyclic) bond motifs is 1. The van der Waals surface area contributed by atoms with Gasteiger partial charge in [0.1, 0.15) is 5.76 Å². The second-order valence-electron chi connectivity index (χ2n) is 7.06. The Morgan fingerprint density at radius 3 is 2.88 bits per heavy atom. The normalized spacial score (nSPS) is 18.3. The van der Waals surface area contributed by atoms with Crippen molar-refractivity contribution in [3.63, 3.8) is 0 Å². The molecule has 0 bridgehead atoms. The van der Waals surface area contributed by atoms with Gasteiger partial charge in [0, 0.05) is 18.7 Å². The molecule has 4 rings (SSSR count). The summed E-state index contributed by atoms with van der Waals surface area (Å²) in [5.74, 6) is 1.21. The largest absolute Gasteiger partial charge is 0.441 e. The second kappa shape index (κ2) is 6.92. The number of nitrogens with two attached hydrogens (primary N) is 1. The van der Waals surface area contributed by atoms with Gasteiger partial charge in [-0.2, -0.15) is 0 Å². The highest BCUT2D eigenvalue weighted by molar-refractivity contribution is 5.86. The van der Waals surface area contributed by atoms with Crippen LogP contribution < -0.4 is 5.73 Å². The minimum Gasteiger partial charge on any atom is -0.441 e. The van der Waals surface area contributed by atoms with E-state index in [2.05, 4.69) is 29.2 Å². The number of oxazole rings is 1. The van der Waals surface area contributed by atoms with Gasteiger partial charge in [-0.25, -0.2) is 4.98 Å². The van der Waals surface area contributed by atoms with E-state index in [9.17, 15) is 4.79 Å². The molecular weight excluding hydrogens is 326 g/mol. The molecule has 134 valence electrons. The van der Waals surface area contributed by atoms with E-state index < -0.39 is 0 Å². The lowest BCUT2D eigenvalue weighted by atomic mass is 9.97. The van der Waals surface area contributed by atoms with Gasteiger partial charge < -0.3 is 10.2 Å². The standard InChI is InChI=1S/C21H23N3O2/c1-14-19(13-24-10-4-7-18(12-24)20(22)25)23-21(26-14)17-9-8-15-5-2-3-6-16(15)11-17/h2-3,5-6,8-9,11,18H,4,7,10,12-13H2,1H3,(H2,22,25)/t18-/m1/s1. The minimum absolute atomic E-state index is 0.0593. The molecule has 0 radical (unpaired) electrons. The molecule has 1 aliphatic rings. The topological polar surface area (TPSA) is 72.4 Å². The first-order valence-electron chi connectivity index (χ1n) is 9.07. The Morgan fingerprint density at radius 1 is 1.27 bits per heavy atom. The number of primary amides is 1. The fourth-order valence-corrected chi connectivity index (χ4v) is 3.66. The van der Waals surface area contributed by atoms with Crippen LogP contribution in [0, 0.1) is 12.8 Å². The molecule has 1 saturated heterocycles. The highest BCUT2D eigenvalue weighted by Gasteiger charge is 2.25. The van der Waals surface area contributed by atoms with Gasteiger partial charge >= 0.3 is 0 Å². The van der Waals surface area contributed by atoms with Crippen LogP contribution in [0.3, 0.4) is 0 Å². The highest BCUT2D eigenvalue weighted by atomic mass is 16.4. The smallest absolute Gasteiger partial charge is 0.226 e. The van der Waals surface area contributed by atoms with E-state index in [4.69, 9.17) is 15.1 Å². The van der Waals surface area contributed by atoms with Crippen molar-refractivity contribution in [3.8, 4) is 11.5 Å². The number of likely N-dealkylation sites (tertiary alicyclic amines) is 1. The summed E-state index contributed by atoms with van der Waals surface area (Å²) in [7, 11) is 0. The van der Waals surface area contributed by atoms with Gasteiger partial charge in [0.05, 0.1) is 11.6 Å². The average molecular weight is 349 g/mol. The molecule has 3 aromatic rings. The summed E-state index contributed by atoms with van der Waals surface area (Å²) in [6.45, 7) is 4.30. The Morgan fingerprint density at radius 2 is 2.08 bits per heavy atom. The van der Waals surface area contributed by atoms with E-state index >= 15 is 0 Å². The molecule has 1 amide bonds. The third-order valence-corrected chi connectivity index (χ3v) is 5.17. The van der Waals surface area contributed by atoms with Crippen molar-refractivity contribution in [2.45, 2.75) is 26.3 Å². The van der Waals surface area contributed by atoms with Crippen molar-refractivity contribution in [3.05, 3.63) is 53.9 Å². The van der Waals surface area contributed by atoms with Crippen LogP contribution in [0.4, 0.5) is 0 Å². The molecule has 2 aromatic carbocycles. The lowest BCUT2D eigenvalue weighted by molar-refractivity contribution is -0.123. The summed E-state index contributed by atoms with van der Waals surface area (Å²) in [6, 6.07) is 14.5. The van der Waals surface area contributed by atoms with Crippen LogP contribution in [-0.4, -0.2) is 28.9 Å². The Kier molecular flexibility index (Phi) is 4.47. The first kappa shape index (κ1) is 16.8. The number of rotatable bonds is 4. The van der Waals surface area contributed by atoms with Gasteiger partial charge in [-0.15, -0.1) is 0 Å². The zero-order chi connectivity index (χ0) is 18.1. The van der Waals surface area contributed by atoms with Crippen LogP contribution in [0.25, 0.3) is 22.2 Å². The molecule has 2 N–H and O–H groups in total. The third-order valence-electron chi connectivity index (χ3n) is 5.17. The number of nitrogens with zero attached hydrogens (tertiary/aromatic N) is 2. The van der Waals surface area contributed by atoms with E-state index in [0.717, 1.165) is 36.4 Å². The molecule has 0 spiro atoms. The number of aromatic nitrogens is 1. The van der Waals surface area contributed by atoms with Gasteiger partial charge in [0.15, 0.2) is 0 Å². The maximum absolute atomic E-state index is 11.5. The number of hydrogen-bond donors (Lipinski definition) is 1. The van der Waals surface area contributed by atoms with E-state index in [1.807, 2.05) is 25.1 Å². The van der Waals surface area contributed by atoms with Crippen LogP contribution in [0.2, 0.25) is 0 Å². The maximum atomic E-state index is 11.5. The van der Waals surface area contributed by atoms with E-state index in [1.165, 1.54) is 10.8 Å². The first-order chi connectivity index (χ1) is 12.6. The van der Waals surface area contributed by atoms with E-state index in [1.54, 1.807) is 0 Å². The van der Waals surface area contributed by atoms with Gasteiger partial charge in [0.25, 0.3) is 0 Å². The number of benzene rings is 2. The Hall–Kier alpha value is -2.66. The number of piperidine rings is 1. The molecule has 2 heterocycles. The molecule has 5 heteroatoms. The zero-order valence-corrected chi connectivity index (χ0v) is 14.9. The monoisotopic (exact) mass is 349 g/mol. The SMILES string of the molecule is Cc1oc(-c2ccc3ccccc3c2)nc1CN1CCC[C@@H](C(N)=O)C1. The van der Waals surface area contributed by atoms with Crippen molar-refractivity contribution in [1.82, 2.24) is 9.88 Å². The zero-order valence-electron chi connectivity index (χ0n) is 14.9. The average Bonchev–Trinajstić information content (AvgIpc) is 3.02. The molecule has 0 unspecified atom stereocenters. The minimum atomic E-state index is -0.205. The molecule has 1 atom stereocenters. The summed E-state index contributed by atoms with van der Waals surface area (Å²) < 4.78 is 5.94. The van der Waals surface area contributed by atoms with Gasteiger partial charge in [-0.3, -0.25) is 9.69 Å². The number of hydrogen-bond acceptors (Lipinski definition) is 4. The molecule has 0 saturated carbocycles. The van der Waals surface area contributed by atoms with Crippen molar-refractivity contribution in [1.29, 1.82) is 0 Å². The molecule has 5 nitrogen and oxygen atoms in total. The van der Waals surface area contributed by atoms with Crippen LogP contribution in [0.15, 0.2) is 46.9 Å². The Bertz CT molecular complexity index is 947. The summed E-state index contributed by atoms with van der Waals surface area (Å²) >= 11 is 0. The number of aryl methyl sites for hydroxylation is 1. The maximum Gasteiger partial charge on any atom is 0.226 e. The molecule has 1 aliphatic heterocycles. The van der Waals surface area contributed by atoms with E-state index in [0.29, 0.717) is 19.0 Å². The number of amides is 1. The first-order valence-corrected chi connectivity index (χ1v) is 9.07. The van der Waals surface area contributed by atoms with Crippen molar-refractivity contribution < 1.29 is 9.21 Å². The number of carbonyl (C=O) groups is 1. The fraction of sp³-hybridized carbons (Fsp3) is 0.333. The predicted octanol–water partition coefficient (Wildman–Crippen LogP) is 3.50. The van der Waals surface area contributed by atoms with Crippen LogP contribution in [0.1, 0.15) is 24.3 Å². The predicted molar refractivity (Wildman–Crippen MR) is 101 cm³/mol. The summed E-state index contributed by atoms with van der Waals surface area (Å²) in [5.41, 5.74) is 7.39. The lowest BCUT2D eigenvalue weighted by Crippen LogP contribution is -2.40. The Balaban J connectivity index is 1.56. The van der Waals surface area contributed by atoms with Crippen LogP contribution in [-0.2, 0) is 11.3 Å². The van der Waals surface area contributed by atoms with Crippen molar-refractivity contribution in [2.75, 3.05) is 13.1 Å².